The number of nitrogens with zero attached hydrogens (tertiary/aromatic N) is 1. The summed E-state index contributed by atoms with van der Waals surface area (Å²) in [5.74, 6) is -0.472. The van der Waals surface area contributed by atoms with Gasteiger partial charge in [-0.25, -0.2) is 0 Å². The zero-order chi connectivity index (χ0) is 29.1. The smallest absolute Gasteiger partial charge is 0.358 e. The minimum absolute atomic E-state index is 0.0131. The lowest BCUT2D eigenvalue weighted by atomic mass is 9.99. The quantitative estimate of drug-likeness (QED) is 0.210. The first-order valence-electron chi connectivity index (χ1n) is 14.1. The second-order valence-corrected chi connectivity index (χ2v) is 12.1. The standard InChI is InChI=1S/C32H37N3O5S/c1-5-6-12-28-25(17-18-35(4)20-22-10-8-7-9-11-22)27-19-23(13-16-29(27)34-28)33-32(36)26-15-14-24(21(2)3)30-31(26)40-41(37,38)39-30/h7-11,13-16,19,21,34H,5-6,12,17-18,20H2,1-4H3,(H,33,36). The molecular weight excluding hydrogens is 538 g/mol. The molecule has 0 radical (unpaired) electrons. The Morgan fingerprint density at radius 1 is 1.00 bits per heavy atom. The number of carbonyl (C=O) groups excluding carboxylic acids is 1. The van der Waals surface area contributed by atoms with Crippen LogP contribution in [0.5, 0.6) is 11.5 Å². The number of benzene rings is 3. The number of amides is 1. The Morgan fingerprint density at radius 2 is 1.76 bits per heavy atom. The Balaban J connectivity index is 1.40. The van der Waals surface area contributed by atoms with Gasteiger partial charge in [0.15, 0.2) is 5.75 Å². The molecule has 3 aromatic carbocycles. The summed E-state index contributed by atoms with van der Waals surface area (Å²) in [7, 11) is -2.12. The third-order valence-electron chi connectivity index (χ3n) is 7.45. The molecular formula is C32H37N3O5S. The highest BCUT2D eigenvalue weighted by atomic mass is 32.3. The van der Waals surface area contributed by atoms with E-state index in [-0.39, 0.29) is 23.0 Å². The van der Waals surface area contributed by atoms with Gasteiger partial charge in [-0.3, -0.25) is 4.79 Å². The summed E-state index contributed by atoms with van der Waals surface area (Å²) < 4.78 is 34.3. The summed E-state index contributed by atoms with van der Waals surface area (Å²) in [4.78, 5) is 19.3. The van der Waals surface area contributed by atoms with Gasteiger partial charge in [0.1, 0.15) is 0 Å². The lowest BCUT2D eigenvalue weighted by molar-refractivity contribution is 0.102. The molecule has 0 bridgehead atoms. The molecule has 41 heavy (non-hydrogen) atoms. The highest BCUT2D eigenvalue weighted by Crippen LogP contribution is 2.44. The van der Waals surface area contributed by atoms with Crippen LogP contribution in [0.2, 0.25) is 0 Å². The molecule has 2 heterocycles. The van der Waals surface area contributed by atoms with Gasteiger partial charge in [-0.05, 0) is 67.6 Å². The van der Waals surface area contributed by atoms with Gasteiger partial charge >= 0.3 is 10.4 Å². The first kappa shape index (κ1) is 28.7. The molecule has 8 nitrogen and oxygen atoms in total. The van der Waals surface area contributed by atoms with E-state index in [9.17, 15) is 13.2 Å². The molecule has 0 spiro atoms. The highest BCUT2D eigenvalue weighted by Gasteiger charge is 2.36. The second kappa shape index (κ2) is 12.0. The molecule has 1 aliphatic rings. The number of aromatic nitrogens is 1. The maximum Gasteiger partial charge on any atom is 0.501 e. The predicted molar refractivity (Wildman–Crippen MR) is 162 cm³/mol. The summed E-state index contributed by atoms with van der Waals surface area (Å²) in [6, 6.07) is 19.5. The van der Waals surface area contributed by atoms with E-state index in [1.165, 1.54) is 16.8 Å². The third kappa shape index (κ3) is 6.41. The molecule has 0 unspecified atom stereocenters. The summed E-state index contributed by atoms with van der Waals surface area (Å²) in [5.41, 5.74) is 6.18. The third-order valence-corrected chi connectivity index (χ3v) is 8.19. The van der Waals surface area contributed by atoms with Gasteiger partial charge in [0.2, 0.25) is 5.75 Å². The van der Waals surface area contributed by atoms with Crippen molar-refractivity contribution in [1.82, 2.24) is 9.88 Å². The molecule has 1 aromatic heterocycles. The lowest BCUT2D eigenvalue weighted by Gasteiger charge is -2.17. The molecule has 0 saturated carbocycles. The topological polar surface area (TPSA) is 101 Å². The fraction of sp³-hybridized carbons (Fsp3) is 0.344. The molecule has 1 amide bonds. The SMILES string of the molecule is CCCCc1[nH]c2ccc(NC(=O)c3ccc(C(C)C)c4c3OS(=O)(=O)O4)cc2c1CCN(C)Cc1ccccc1. The van der Waals surface area contributed by atoms with E-state index in [0.29, 0.717) is 11.3 Å². The normalized spacial score (nSPS) is 13.8. The minimum atomic E-state index is -4.25. The zero-order valence-electron chi connectivity index (χ0n) is 24.0. The van der Waals surface area contributed by atoms with Crippen molar-refractivity contribution in [3.8, 4) is 11.5 Å². The van der Waals surface area contributed by atoms with Gasteiger partial charge in [-0.2, -0.15) is 0 Å². The van der Waals surface area contributed by atoms with Crippen molar-refractivity contribution >= 4 is 32.9 Å². The van der Waals surface area contributed by atoms with Crippen LogP contribution in [-0.4, -0.2) is 37.8 Å². The van der Waals surface area contributed by atoms with Gasteiger partial charge < -0.3 is 23.6 Å². The molecule has 5 rings (SSSR count). The fourth-order valence-corrected chi connectivity index (χ4v) is 6.09. The van der Waals surface area contributed by atoms with E-state index in [1.54, 1.807) is 12.1 Å². The van der Waals surface area contributed by atoms with Gasteiger partial charge in [-0.1, -0.05) is 63.6 Å². The van der Waals surface area contributed by atoms with Gasteiger partial charge in [0.05, 0.1) is 5.56 Å². The summed E-state index contributed by atoms with van der Waals surface area (Å²) in [6.45, 7) is 7.78. The van der Waals surface area contributed by atoms with Crippen molar-refractivity contribution in [3.05, 3.63) is 88.6 Å². The number of likely N-dealkylation sites (N-methyl/N-ethyl adjacent to an activating group) is 1. The molecule has 4 aromatic rings. The highest BCUT2D eigenvalue weighted by molar-refractivity contribution is 7.82. The summed E-state index contributed by atoms with van der Waals surface area (Å²) in [5, 5.41) is 4.01. The Kier molecular flexibility index (Phi) is 8.37. The van der Waals surface area contributed by atoms with E-state index < -0.39 is 16.3 Å². The van der Waals surface area contributed by atoms with Crippen molar-refractivity contribution < 1.29 is 21.6 Å². The van der Waals surface area contributed by atoms with Crippen LogP contribution in [0.4, 0.5) is 5.69 Å². The maximum absolute atomic E-state index is 13.4. The van der Waals surface area contributed by atoms with Crippen LogP contribution in [0, 0.1) is 0 Å². The van der Waals surface area contributed by atoms with Crippen LogP contribution < -0.4 is 13.7 Å². The van der Waals surface area contributed by atoms with Crippen molar-refractivity contribution in [1.29, 1.82) is 0 Å². The van der Waals surface area contributed by atoms with Crippen molar-refractivity contribution in [2.75, 3.05) is 18.9 Å². The first-order valence-corrected chi connectivity index (χ1v) is 15.5. The molecule has 1 aliphatic heterocycles. The number of fused-ring (bicyclic) bond motifs is 2. The molecule has 0 atom stereocenters. The van der Waals surface area contributed by atoms with Crippen molar-refractivity contribution in [2.45, 2.75) is 58.9 Å². The Hall–Kier alpha value is -3.82. The van der Waals surface area contributed by atoms with Crippen LogP contribution in [0.15, 0.2) is 60.7 Å². The van der Waals surface area contributed by atoms with Gasteiger partial charge in [0, 0.05) is 40.9 Å². The number of carbonyl (C=O) groups is 1. The number of nitrogens with one attached hydrogen (secondary N) is 2. The zero-order valence-corrected chi connectivity index (χ0v) is 24.8. The second-order valence-electron chi connectivity index (χ2n) is 11.0. The molecule has 0 saturated heterocycles. The molecule has 9 heteroatoms. The van der Waals surface area contributed by atoms with Gasteiger partial charge in [0.25, 0.3) is 5.91 Å². The van der Waals surface area contributed by atoms with Crippen LogP contribution in [0.3, 0.4) is 0 Å². The maximum atomic E-state index is 13.4. The average molecular weight is 576 g/mol. The predicted octanol–water partition coefficient (Wildman–Crippen LogP) is 6.58. The number of aryl methyl sites for hydroxylation is 1. The monoisotopic (exact) mass is 575 g/mol. The van der Waals surface area contributed by atoms with Crippen molar-refractivity contribution in [2.24, 2.45) is 0 Å². The van der Waals surface area contributed by atoms with Crippen molar-refractivity contribution in [3.63, 3.8) is 0 Å². The van der Waals surface area contributed by atoms with Crippen LogP contribution in [0.25, 0.3) is 10.9 Å². The molecule has 0 aliphatic carbocycles. The van der Waals surface area contributed by atoms with E-state index in [2.05, 4.69) is 53.4 Å². The number of unbranched alkanes of at least 4 members (excludes halogenated alkanes) is 1. The summed E-state index contributed by atoms with van der Waals surface area (Å²) in [6.07, 6.45) is 4.02. The largest absolute Gasteiger partial charge is 0.501 e. The Labute approximate surface area is 242 Å². The van der Waals surface area contributed by atoms with E-state index in [0.717, 1.165) is 49.7 Å². The molecule has 216 valence electrons. The number of rotatable bonds is 11. The van der Waals surface area contributed by atoms with Gasteiger partial charge in [-0.15, -0.1) is 8.42 Å². The number of hydrogen-bond donors (Lipinski definition) is 2. The number of anilines is 1. The van der Waals surface area contributed by atoms with E-state index in [1.807, 2.05) is 38.1 Å². The van der Waals surface area contributed by atoms with E-state index in [4.69, 9.17) is 8.37 Å². The minimum Gasteiger partial charge on any atom is -0.358 e. The number of aromatic amines is 1. The van der Waals surface area contributed by atoms with Crippen LogP contribution in [0.1, 0.15) is 72.3 Å². The average Bonchev–Trinajstić information content (AvgIpc) is 3.45. The molecule has 2 N–H and O–H groups in total. The number of H-pyrrole nitrogens is 1. The number of hydrogen-bond acceptors (Lipinski definition) is 6. The summed E-state index contributed by atoms with van der Waals surface area (Å²) >= 11 is 0. The lowest BCUT2D eigenvalue weighted by Crippen LogP contribution is -2.21. The van der Waals surface area contributed by atoms with E-state index >= 15 is 0 Å². The Morgan fingerprint density at radius 3 is 2.49 bits per heavy atom. The van der Waals surface area contributed by atoms with Crippen LogP contribution in [-0.2, 0) is 29.8 Å². The molecule has 0 fully saturated rings. The fourth-order valence-electron chi connectivity index (χ4n) is 5.31. The Bertz CT molecular complexity index is 1660. The first-order chi connectivity index (χ1) is 19.6. The van der Waals surface area contributed by atoms with Crippen LogP contribution >= 0.6 is 0 Å².